The molecule has 140 valence electrons. The highest BCUT2D eigenvalue weighted by molar-refractivity contribution is 7.20. The maximum absolute atomic E-state index is 12.7. The summed E-state index contributed by atoms with van der Waals surface area (Å²) in [6.45, 7) is 3.33. The average Bonchev–Trinajstić information content (AvgIpc) is 3.07. The normalized spacial score (nSPS) is 21.9. The number of fused-ring (bicyclic) bond motifs is 1. The van der Waals surface area contributed by atoms with Gasteiger partial charge in [0.05, 0.1) is 5.92 Å². The number of nitrogens with zero attached hydrogens (tertiary/aromatic N) is 4. The van der Waals surface area contributed by atoms with Crippen LogP contribution in [0.15, 0.2) is 10.9 Å². The molecule has 7 nitrogen and oxygen atoms in total. The van der Waals surface area contributed by atoms with Crippen molar-refractivity contribution in [3.8, 4) is 0 Å². The largest absolute Gasteiger partial charge is 0.353 e. The number of aryl methyl sites for hydroxylation is 1. The number of aromatic nitrogens is 3. The second-order valence-electron chi connectivity index (χ2n) is 7.44. The van der Waals surface area contributed by atoms with Crippen LogP contribution >= 0.6 is 11.3 Å². The number of piperidine rings is 1. The molecule has 1 saturated heterocycles. The summed E-state index contributed by atoms with van der Waals surface area (Å²) in [5.41, 5.74) is 0.548. The van der Waals surface area contributed by atoms with Gasteiger partial charge in [-0.2, -0.15) is 4.52 Å². The molecule has 0 bridgehead atoms. The molecule has 3 heterocycles. The Morgan fingerprint density at radius 3 is 2.85 bits per heavy atom. The monoisotopic (exact) mass is 375 g/mol. The molecule has 0 aromatic carbocycles. The minimum atomic E-state index is -0.154. The van der Waals surface area contributed by atoms with Crippen LogP contribution in [0.3, 0.4) is 0 Å². The zero-order valence-electron chi connectivity index (χ0n) is 15.1. The number of nitrogens with one attached hydrogen (secondary N) is 1. The van der Waals surface area contributed by atoms with Gasteiger partial charge in [0.1, 0.15) is 0 Å². The summed E-state index contributed by atoms with van der Waals surface area (Å²) in [6.07, 6.45) is 7.80. The van der Waals surface area contributed by atoms with Crippen LogP contribution in [0.5, 0.6) is 0 Å². The summed E-state index contributed by atoms with van der Waals surface area (Å²) < 4.78 is 1.36. The van der Waals surface area contributed by atoms with Crippen molar-refractivity contribution in [1.29, 1.82) is 0 Å². The van der Waals surface area contributed by atoms with Crippen molar-refractivity contribution >= 4 is 27.3 Å². The van der Waals surface area contributed by atoms with E-state index in [1.54, 1.807) is 0 Å². The van der Waals surface area contributed by atoms with Crippen LogP contribution in [-0.2, 0) is 4.79 Å². The van der Waals surface area contributed by atoms with E-state index in [1.807, 2.05) is 6.92 Å². The molecule has 1 aliphatic heterocycles. The quantitative estimate of drug-likeness (QED) is 0.889. The number of hydrogen-bond donors (Lipinski definition) is 1. The van der Waals surface area contributed by atoms with Gasteiger partial charge in [-0.3, -0.25) is 9.59 Å². The Kier molecular flexibility index (Phi) is 4.93. The van der Waals surface area contributed by atoms with E-state index >= 15 is 0 Å². The zero-order valence-corrected chi connectivity index (χ0v) is 15.9. The summed E-state index contributed by atoms with van der Waals surface area (Å²) >= 11 is 1.42. The van der Waals surface area contributed by atoms with Gasteiger partial charge in [-0.15, -0.1) is 5.10 Å². The second kappa shape index (κ2) is 7.34. The van der Waals surface area contributed by atoms with E-state index in [1.165, 1.54) is 41.2 Å². The SMILES string of the molecule is Cc1cc(=O)n2nc(N3CCC[C@H](C(=O)NC4CCCCC4)C3)sc2n1. The predicted octanol–water partition coefficient (Wildman–Crippen LogP) is 2.12. The third-order valence-corrected chi connectivity index (χ3v) is 6.35. The Bertz CT molecular complexity index is 855. The second-order valence-corrected chi connectivity index (χ2v) is 8.38. The standard InChI is InChI=1S/C18H25N5O2S/c1-12-10-15(24)23-17(19-12)26-18(21-23)22-9-5-6-13(11-22)16(25)20-14-7-3-2-4-8-14/h10,13-14H,2-9,11H2,1H3,(H,20,25)/t13-/m0/s1. The van der Waals surface area contributed by atoms with Gasteiger partial charge in [-0.25, -0.2) is 4.98 Å². The highest BCUT2D eigenvalue weighted by Crippen LogP contribution is 2.27. The van der Waals surface area contributed by atoms with E-state index in [-0.39, 0.29) is 17.4 Å². The van der Waals surface area contributed by atoms with Crippen LogP contribution in [0, 0.1) is 12.8 Å². The van der Waals surface area contributed by atoms with E-state index < -0.39 is 0 Å². The fraction of sp³-hybridized carbons (Fsp3) is 0.667. The Labute approximate surface area is 156 Å². The maximum atomic E-state index is 12.7. The topological polar surface area (TPSA) is 79.6 Å². The molecule has 2 fully saturated rings. The van der Waals surface area contributed by atoms with Crippen molar-refractivity contribution in [1.82, 2.24) is 19.9 Å². The van der Waals surface area contributed by atoms with Crippen molar-refractivity contribution in [3.05, 3.63) is 22.1 Å². The first-order chi connectivity index (χ1) is 12.6. The van der Waals surface area contributed by atoms with Crippen molar-refractivity contribution in [2.24, 2.45) is 5.92 Å². The Morgan fingerprint density at radius 2 is 2.04 bits per heavy atom. The summed E-state index contributed by atoms with van der Waals surface area (Å²) in [4.78, 5) is 31.9. The Hall–Kier alpha value is -1.96. The minimum absolute atomic E-state index is 0.0101. The van der Waals surface area contributed by atoms with E-state index in [0.717, 1.165) is 37.4 Å². The van der Waals surface area contributed by atoms with E-state index in [9.17, 15) is 9.59 Å². The highest BCUT2D eigenvalue weighted by atomic mass is 32.1. The van der Waals surface area contributed by atoms with E-state index in [2.05, 4.69) is 20.3 Å². The fourth-order valence-corrected chi connectivity index (χ4v) is 4.96. The molecule has 1 saturated carbocycles. The molecule has 2 aliphatic rings. The highest BCUT2D eigenvalue weighted by Gasteiger charge is 2.29. The first-order valence-electron chi connectivity index (χ1n) is 9.53. The van der Waals surface area contributed by atoms with Crippen LogP contribution in [0.2, 0.25) is 0 Å². The lowest BCUT2D eigenvalue weighted by molar-refractivity contribution is -0.126. The van der Waals surface area contributed by atoms with Gasteiger partial charge < -0.3 is 10.2 Å². The van der Waals surface area contributed by atoms with Gasteiger partial charge in [0.2, 0.25) is 16.0 Å². The van der Waals surface area contributed by atoms with Crippen molar-refractivity contribution in [3.63, 3.8) is 0 Å². The van der Waals surface area contributed by atoms with Crippen molar-refractivity contribution in [2.75, 3.05) is 18.0 Å². The molecule has 8 heteroatoms. The summed E-state index contributed by atoms with van der Waals surface area (Å²) in [5, 5.41) is 8.47. The third kappa shape index (κ3) is 3.60. The van der Waals surface area contributed by atoms with Gasteiger partial charge in [-0.05, 0) is 32.6 Å². The van der Waals surface area contributed by atoms with Crippen LogP contribution in [0.1, 0.15) is 50.6 Å². The van der Waals surface area contributed by atoms with Crippen molar-refractivity contribution < 1.29 is 4.79 Å². The molecule has 1 amide bonds. The number of carbonyl (C=O) groups excluding carboxylic acids is 1. The molecule has 1 N–H and O–H groups in total. The van der Waals surface area contributed by atoms with Gasteiger partial charge in [-0.1, -0.05) is 30.6 Å². The molecular weight excluding hydrogens is 350 g/mol. The summed E-state index contributed by atoms with van der Waals surface area (Å²) in [5.74, 6) is 0.165. The first kappa shape index (κ1) is 17.5. The van der Waals surface area contributed by atoms with Crippen LogP contribution in [0.25, 0.3) is 4.96 Å². The maximum Gasteiger partial charge on any atom is 0.275 e. The molecule has 2 aromatic heterocycles. The smallest absolute Gasteiger partial charge is 0.275 e. The molecule has 1 aliphatic carbocycles. The lowest BCUT2D eigenvalue weighted by Gasteiger charge is -2.33. The number of carbonyl (C=O) groups is 1. The lowest BCUT2D eigenvalue weighted by Crippen LogP contribution is -2.46. The Morgan fingerprint density at radius 1 is 1.23 bits per heavy atom. The molecule has 0 radical (unpaired) electrons. The number of amides is 1. The van der Waals surface area contributed by atoms with E-state index in [0.29, 0.717) is 23.2 Å². The van der Waals surface area contributed by atoms with Crippen LogP contribution < -0.4 is 15.8 Å². The molecule has 1 atom stereocenters. The van der Waals surface area contributed by atoms with Crippen LogP contribution in [-0.4, -0.2) is 39.6 Å². The third-order valence-electron chi connectivity index (χ3n) is 5.38. The molecule has 2 aromatic rings. The average molecular weight is 375 g/mol. The van der Waals surface area contributed by atoms with Gasteiger partial charge in [0, 0.05) is 30.9 Å². The number of hydrogen-bond acceptors (Lipinski definition) is 6. The molecular formula is C18H25N5O2S. The molecule has 4 rings (SSSR count). The summed E-state index contributed by atoms with van der Waals surface area (Å²) in [6, 6.07) is 1.84. The van der Waals surface area contributed by atoms with Crippen LogP contribution in [0.4, 0.5) is 5.13 Å². The van der Waals surface area contributed by atoms with Gasteiger partial charge in [0.15, 0.2) is 0 Å². The predicted molar refractivity (Wildman–Crippen MR) is 102 cm³/mol. The Balaban J connectivity index is 1.47. The molecule has 26 heavy (non-hydrogen) atoms. The first-order valence-corrected chi connectivity index (χ1v) is 10.3. The lowest BCUT2D eigenvalue weighted by atomic mass is 9.93. The van der Waals surface area contributed by atoms with Gasteiger partial charge >= 0.3 is 0 Å². The molecule has 0 spiro atoms. The van der Waals surface area contributed by atoms with Gasteiger partial charge in [0.25, 0.3) is 5.56 Å². The summed E-state index contributed by atoms with van der Waals surface area (Å²) in [7, 11) is 0. The minimum Gasteiger partial charge on any atom is -0.353 e. The molecule has 0 unspecified atom stereocenters. The number of rotatable bonds is 3. The zero-order chi connectivity index (χ0) is 18.1. The van der Waals surface area contributed by atoms with Crippen molar-refractivity contribution in [2.45, 2.75) is 57.9 Å². The van der Waals surface area contributed by atoms with E-state index in [4.69, 9.17) is 0 Å². The fourth-order valence-electron chi connectivity index (χ4n) is 3.97. The number of anilines is 1.